The molecule has 1 aromatic heterocycles. The molecular formula is C24H24FNO4. The first kappa shape index (κ1) is 20.2. The number of nitrogens with zero attached hydrogens (tertiary/aromatic N) is 1. The topological polar surface area (TPSA) is 71.7 Å². The van der Waals surface area contributed by atoms with Crippen LogP contribution < -0.4 is 0 Å². The van der Waals surface area contributed by atoms with Crippen molar-refractivity contribution in [3.63, 3.8) is 0 Å². The maximum absolute atomic E-state index is 13.5. The highest BCUT2D eigenvalue weighted by Crippen LogP contribution is 2.39. The van der Waals surface area contributed by atoms with Crippen molar-refractivity contribution in [1.82, 2.24) is 4.57 Å². The van der Waals surface area contributed by atoms with E-state index >= 15 is 0 Å². The van der Waals surface area contributed by atoms with Crippen molar-refractivity contribution in [2.24, 2.45) is 0 Å². The molecule has 30 heavy (non-hydrogen) atoms. The standard InChI is InChI=1S/C24H24FNO4/c1-14(2)26-21-9-7-17(27)12-20(21)24(15-3-5-16(25)6-4-15)22(26)10-8-19-11-18(28)13-23(29)30-19/h3-10,12,14,18-19,27-28H,11,13H2,1-2H3/b10-8+/t18-,19-/m1/s1. The predicted octanol–water partition coefficient (Wildman–Crippen LogP) is 4.81. The molecule has 0 unspecified atom stereocenters. The first-order valence-corrected chi connectivity index (χ1v) is 10.0. The number of aliphatic hydroxyl groups excluding tert-OH is 1. The molecule has 2 aromatic carbocycles. The van der Waals surface area contributed by atoms with Gasteiger partial charge >= 0.3 is 5.97 Å². The summed E-state index contributed by atoms with van der Waals surface area (Å²) in [5, 5.41) is 20.8. The number of aliphatic hydroxyl groups is 1. The number of aromatic nitrogens is 1. The molecule has 2 heterocycles. The van der Waals surface area contributed by atoms with Gasteiger partial charge in [-0.05, 0) is 61.9 Å². The van der Waals surface area contributed by atoms with Gasteiger partial charge in [-0.1, -0.05) is 12.1 Å². The number of aromatic hydroxyl groups is 1. The fourth-order valence-corrected chi connectivity index (χ4v) is 4.09. The zero-order valence-corrected chi connectivity index (χ0v) is 16.9. The van der Waals surface area contributed by atoms with Crippen LogP contribution in [0.2, 0.25) is 0 Å². The molecule has 0 radical (unpaired) electrons. The predicted molar refractivity (Wildman–Crippen MR) is 114 cm³/mol. The molecule has 0 amide bonds. The fraction of sp³-hybridized carbons (Fsp3) is 0.292. The molecule has 1 aliphatic rings. The minimum Gasteiger partial charge on any atom is -0.508 e. The number of phenols is 1. The SMILES string of the molecule is CC(C)n1c(/C=C/[C@@H]2C[C@@H](O)CC(=O)O2)c(-c2ccc(F)cc2)c2cc(O)ccc21. The number of carbonyl (C=O) groups excluding carboxylic acids is 1. The van der Waals surface area contributed by atoms with Gasteiger partial charge in [0.2, 0.25) is 0 Å². The summed E-state index contributed by atoms with van der Waals surface area (Å²) in [6.07, 6.45) is 2.78. The van der Waals surface area contributed by atoms with E-state index < -0.39 is 18.2 Å². The lowest BCUT2D eigenvalue weighted by Gasteiger charge is -2.23. The summed E-state index contributed by atoms with van der Waals surface area (Å²) in [5.41, 5.74) is 3.45. The van der Waals surface area contributed by atoms with Gasteiger partial charge in [-0.2, -0.15) is 0 Å². The summed E-state index contributed by atoms with van der Waals surface area (Å²) >= 11 is 0. The van der Waals surface area contributed by atoms with E-state index in [0.29, 0.717) is 6.42 Å². The summed E-state index contributed by atoms with van der Waals surface area (Å²) in [4.78, 5) is 11.7. The second-order valence-electron chi connectivity index (χ2n) is 7.91. The van der Waals surface area contributed by atoms with Crippen molar-refractivity contribution < 1.29 is 24.1 Å². The van der Waals surface area contributed by atoms with E-state index in [1.165, 1.54) is 12.1 Å². The maximum Gasteiger partial charge on any atom is 0.309 e. The number of hydrogen-bond acceptors (Lipinski definition) is 4. The quantitative estimate of drug-likeness (QED) is 0.607. The summed E-state index contributed by atoms with van der Waals surface area (Å²) < 4.78 is 21.0. The number of esters is 1. The minimum absolute atomic E-state index is 0.0106. The molecule has 6 heteroatoms. The average molecular weight is 409 g/mol. The Hall–Kier alpha value is -3.12. The third kappa shape index (κ3) is 3.83. The molecule has 0 bridgehead atoms. The van der Waals surface area contributed by atoms with Crippen molar-refractivity contribution in [3.8, 4) is 16.9 Å². The Kier molecular flexibility index (Phi) is 5.35. The third-order valence-corrected chi connectivity index (χ3v) is 5.33. The monoisotopic (exact) mass is 409 g/mol. The van der Waals surface area contributed by atoms with Gasteiger partial charge in [0.15, 0.2) is 0 Å². The zero-order valence-electron chi connectivity index (χ0n) is 16.9. The lowest BCUT2D eigenvalue weighted by molar-refractivity contribution is -0.156. The molecule has 0 spiro atoms. The number of carbonyl (C=O) groups is 1. The summed E-state index contributed by atoms with van der Waals surface area (Å²) in [7, 11) is 0. The van der Waals surface area contributed by atoms with Gasteiger partial charge in [0, 0.05) is 34.6 Å². The smallest absolute Gasteiger partial charge is 0.309 e. The van der Waals surface area contributed by atoms with Gasteiger partial charge in [0.1, 0.15) is 17.7 Å². The van der Waals surface area contributed by atoms with E-state index in [1.54, 1.807) is 30.3 Å². The zero-order chi connectivity index (χ0) is 21.4. The first-order valence-electron chi connectivity index (χ1n) is 10.0. The third-order valence-electron chi connectivity index (χ3n) is 5.33. The van der Waals surface area contributed by atoms with E-state index in [0.717, 1.165) is 27.7 Å². The van der Waals surface area contributed by atoms with Crippen LogP contribution in [0.1, 0.15) is 38.4 Å². The van der Waals surface area contributed by atoms with E-state index in [1.807, 2.05) is 12.1 Å². The van der Waals surface area contributed by atoms with E-state index in [4.69, 9.17) is 4.74 Å². The van der Waals surface area contributed by atoms with Crippen molar-refractivity contribution in [2.75, 3.05) is 0 Å². The highest BCUT2D eigenvalue weighted by atomic mass is 19.1. The largest absolute Gasteiger partial charge is 0.508 e. The minimum atomic E-state index is -0.717. The van der Waals surface area contributed by atoms with Crippen LogP contribution in [0.5, 0.6) is 5.75 Å². The lowest BCUT2D eigenvalue weighted by Crippen LogP contribution is -2.31. The number of halogens is 1. The molecule has 1 saturated heterocycles. The molecule has 0 aliphatic carbocycles. The highest BCUT2D eigenvalue weighted by molar-refractivity contribution is 6.01. The Labute approximate surface area is 174 Å². The molecule has 1 aliphatic heterocycles. The first-order chi connectivity index (χ1) is 14.3. The summed E-state index contributed by atoms with van der Waals surface area (Å²) in [6.45, 7) is 4.12. The Balaban J connectivity index is 1.91. The number of hydrogen-bond donors (Lipinski definition) is 2. The van der Waals surface area contributed by atoms with Crippen LogP contribution in [-0.2, 0) is 9.53 Å². The maximum atomic E-state index is 13.5. The van der Waals surface area contributed by atoms with Crippen LogP contribution in [0.4, 0.5) is 4.39 Å². The summed E-state index contributed by atoms with van der Waals surface area (Å²) in [6, 6.07) is 11.5. The molecular weight excluding hydrogens is 385 g/mol. The molecule has 156 valence electrons. The van der Waals surface area contributed by atoms with Crippen molar-refractivity contribution >= 4 is 22.9 Å². The van der Waals surface area contributed by atoms with E-state index in [-0.39, 0.29) is 24.0 Å². The van der Waals surface area contributed by atoms with Gasteiger partial charge in [0.25, 0.3) is 0 Å². The molecule has 1 fully saturated rings. The molecule has 4 rings (SSSR count). The van der Waals surface area contributed by atoms with Crippen molar-refractivity contribution in [2.45, 2.75) is 44.9 Å². The van der Waals surface area contributed by atoms with E-state index in [2.05, 4.69) is 18.4 Å². The second-order valence-corrected chi connectivity index (χ2v) is 7.91. The van der Waals surface area contributed by atoms with Crippen LogP contribution in [0, 0.1) is 5.82 Å². The van der Waals surface area contributed by atoms with Crippen LogP contribution in [-0.4, -0.2) is 33.0 Å². The average Bonchev–Trinajstić information content (AvgIpc) is 3.00. The normalized spacial score (nSPS) is 19.7. The van der Waals surface area contributed by atoms with Gasteiger partial charge in [0.05, 0.1) is 12.5 Å². The molecule has 2 N–H and O–H groups in total. The molecule has 3 aromatic rings. The van der Waals surface area contributed by atoms with E-state index in [9.17, 15) is 19.4 Å². The fourth-order valence-electron chi connectivity index (χ4n) is 4.09. The molecule has 2 atom stereocenters. The molecule has 5 nitrogen and oxygen atoms in total. The Bertz CT molecular complexity index is 1110. The van der Waals surface area contributed by atoms with Crippen LogP contribution >= 0.6 is 0 Å². The van der Waals surface area contributed by atoms with Gasteiger partial charge < -0.3 is 19.5 Å². The van der Waals surface area contributed by atoms with Crippen LogP contribution in [0.15, 0.2) is 48.5 Å². The Morgan fingerprint density at radius 3 is 2.60 bits per heavy atom. The Morgan fingerprint density at radius 2 is 1.93 bits per heavy atom. The van der Waals surface area contributed by atoms with Gasteiger partial charge in [-0.3, -0.25) is 4.79 Å². The number of fused-ring (bicyclic) bond motifs is 1. The van der Waals surface area contributed by atoms with Crippen molar-refractivity contribution in [3.05, 3.63) is 60.1 Å². The van der Waals surface area contributed by atoms with Crippen molar-refractivity contribution in [1.29, 1.82) is 0 Å². The number of phenolic OH excluding ortho intramolecular Hbond substituents is 1. The van der Waals surface area contributed by atoms with Crippen LogP contribution in [0.25, 0.3) is 28.1 Å². The number of rotatable bonds is 4. The highest BCUT2D eigenvalue weighted by Gasteiger charge is 2.26. The summed E-state index contributed by atoms with van der Waals surface area (Å²) in [5.74, 6) is -0.600. The number of ether oxygens (including phenoxy) is 1. The lowest BCUT2D eigenvalue weighted by atomic mass is 10.00. The number of cyclic esters (lactones) is 1. The van der Waals surface area contributed by atoms with Crippen LogP contribution in [0.3, 0.4) is 0 Å². The van der Waals surface area contributed by atoms with Gasteiger partial charge in [-0.15, -0.1) is 0 Å². The number of benzene rings is 2. The molecule has 0 saturated carbocycles. The second kappa shape index (κ2) is 7.95. The van der Waals surface area contributed by atoms with Gasteiger partial charge in [-0.25, -0.2) is 4.39 Å². The Morgan fingerprint density at radius 1 is 1.20 bits per heavy atom.